The number of sulfone groups is 1. The van der Waals surface area contributed by atoms with Crippen LogP contribution < -0.4 is 5.32 Å². The van der Waals surface area contributed by atoms with E-state index < -0.39 is 58.2 Å². The van der Waals surface area contributed by atoms with Gasteiger partial charge in [0, 0.05) is 11.4 Å². The Morgan fingerprint density at radius 3 is 2.00 bits per heavy atom. The van der Waals surface area contributed by atoms with E-state index in [-0.39, 0.29) is 0 Å². The van der Waals surface area contributed by atoms with Crippen LogP contribution in [0.15, 0.2) is 92.8 Å². The van der Waals surface area contributed by atoms with Crippen LogP contribution in [0.5, 0.6) is 0 Å². The van der Waals surface area contributed by atoms with Crippen LogP contribution in [0.1, 0.15) is 0 Å². The number of nitrogens with one attached hydrogen (secondary N) is 1. The van der Waals surface area contributed by atoms with Gasteiger partial charge >= 0.3 is 10.4 Å². The molecule has 0 saturated carbocycles. The van der Waals surface area contributed by atoms with Crippen molar-refractivity contribution in [1.82, 2.24) is 0 Å². The molecule has 0 atom stereocenters. The molecule has 0 aliphatic heterocycles. The zero-order chi connectivity index (χ0) is 25.7. The first-order valence-corrected chi connectivity index (χ1v) is 14.1. The average molecular weight is 542 g/mol. The van der Waals surface area contributed by atoms with Crippen molar-refractivity contribution in [1.29, 1.82) is 0 Å². The lowest BCUT2D eigenvalue weighted by atomic mass is 10.2. The first-order chi connectivity index (χ1) is 16.3. The van der Waals surface area contributed by atoms with Crippen LogP contribution in [-0.4, -0.2) is 46.7 Å². The third-order valence-electron chi connectivity index (χ3n) is 4.35. The van der Waals surface area contributed by atoms with E-state index in [0.717, 1.165) is 29.6 Å². The minimum atomic E-state index is -4.84. The maximum absolute atomic E-state index is 12.4. The summed E-state index contributed by atoms with van der Waals surface area (Å²) >= 11 is 0. The third-order valence-corrected chi connectivity index (χ3v) is 7.40. The normalized spacial score (nSPS) is 12.6. The van der Waals surface area contributed by atoms with Crippen molar-refractivity contribution in [2.75, 3.05) is 17.7 Å². The lowest BCUT2D eigenvalue weighted by molar-refractivity contribution is 0.284. The first kappa shape index (κ1) is 26.4. The Hall–Kier alpha value is -3.21. The second kappa shape index (κ2) is 10.6. The summed E-state index contributed by atoms with van der Waals surface area (Å²) in [5.41, 5.74) is 1.45. The molecule has 186 valence electrons. The number of hydrogen-bond acceptors (Lipinski definition) is 10. The topological polar surface area (TPSA) is 189 Å². The average Bonchev–Trinajstić information content (AvgIpc) is 2.77. The smallest absolute Gasteiger partial charge is 0.356 e. The molecule has 3 aromatic carbocycles. The third kappa shape index (κ3) is 7.91. The van der Waals surface area contributed by atoms with E-state index in [4.69, 9.17) is 4.55 Å². The highest BCUT2D eigenvalue weighted by Gasteiger charge is 2.22. The van der Waals surface area contributed by atoms with Crippen molar-refractivity contribution in [3.8, 4) is 0 Å². The number of azo groups is 1. The lowest BCUT2D eigenvalue weighted by Gasteiger charge is -2.08. The summed E-state index contributed by atoms with van der Waals surface area (Å²) in [6, 6.07) is 18.5. The minimum absolute atomic E-state index is 0.305. The van der Waals surface area contributed by atoms with Gasteiger partial charge < -0.3 is 5.32 Å². The highest BCUT2D eigenvalue weighted by molar-refractivity contribution is 7.91. The molecule has 0 heterocycles. The molecule has 0 aliphatic rings. The number of rotatable bonds is 10. The van der Waals surface area contributed by atoms with Crippen molar-refractivity contribution in [2.45, 2.75) is 9.79 Å². The molecule has 0 aliphatic carbocycles. The summed E-state index contributed by atoms with van der Waals surface area (Å²) in [5, 5.41) is 10.9. The summed E-state index contributed by atoms with van der Waals surface area (Å²) in [6.07, 6.45) is 0. The van der Waals surface area contributed by atoms with Crippen LogP contribution in [0.3, 0.4) is 0 Å². The van der Waals surface area contributed by atoms with E-state index in [0.29, 0.717) is 5.69 Å². The molecule has 0 unspecified atom stereocenters. The van der Waals surface area contributed by atoms with Crippen molar-refractivity contribution >= 4 is 53.1 Å². The van der Waals surface area contributed by atoms with Crippen LogP contribution >= 0.6 is 0 Å². The van der Waals surface area contributed by atoms with E-state index in [1.807, 2.05) is 30.3 Å². The van der Waals surface area contributed by atoms with E-state index in [2.05, 4.69) is 19.7 Å². The highest BCUT2D eigenvalue weighted by atomic mass is 32.3. The standard InChI is InChI=1S/C20H19N3O9S3/c24-33(25,13-12-32-35(29,30)31)18-10-11-20(34(26,27)28)19(14-18)23-22-17-8-6-16(7-9-17)21-15-4-2-1-3-5-15/h1-11,14,21H,12-13H2,(H,26,27,28)(H,29,30,31)/b23-22+. The molecule has 0 amide bonds. The van der Waals surface area contributed by atoms with Gasteiger partial charge in [0.15, 0.2) is 9.84 Å². The number of anilines is 2. The quantitative estimate of drug-likeness (QED) is 0.252. The molecule has 0 fully saturated rings. The fourth-order valence-electron chi connectivity index (χ4n) is 2.76. The number of para-hydroxylation sites is 1. The van der Waals surface area contributed by atoms with Gasteiger partial charge in [0.05, 0.1) is 22.9 Å². The fraction of sp³-hybridized carbons (Fsp3) is 0.100. The SMILES string of the molecule is O=S(=O)(O)OCCS(=O)(=O)c1ccc(S(=O)(=O)O)c(/N=N/c2ccc(Nc3ccccc3)cc2)c1. The van der Waals surface area contributed by atoms with E-state index in [1.54, 1.807) is 24.3 Å². The van der Waals surface area contributed by atoms with E-state index in [9.17, 15) is 29.8 Å². The van der Waals surface area contributed by atoms with Gasteiger partial charge in [0.25, 0.3) is 10.1 Å². The molecule has 35 heavy (non-hydrogen) atoms. The highest BCUT2D eigenvalue weighted by Crippen LogP contribution is 2.30. The second-order valence-electron chi connectivity index (χ2n) is 6.91. The van der Waals surface area contributed by atoms with Crippen molar-refractivity contribution in [3.63, 3.8) is 0 Å². The predicted octanol–water partition coefficient (Wildman–Crippen LogP) is 3.69. The van der Waals surface area contributed by atoms with Crippen molar-refractivity contribution < 1.29 is 38.5 Å². The van der Waals surface area contributed by atoms with Gasteiger partial charge in [-0.2, -0.15) is 21.9 Å². The summed E-state index contributed by atoms with van der Waals surface area (Å²) in [7, 11) is -13.8. The Balaban J connectivity index is 1.85. The van der Waals surface area contributed by atoms with Gasteiger partial charge in [-0.25, -0.2) is 12.6 Å². The van der Waals surface area contributed by atoms with E-state index >= 15 is 0 Å². The van der Waals surface area contributed by atoms with Crippen LogP contribution in [0, 0.1) is 0 Å². The number of benzene rings is 3. The van der Waals surface area contributed by atoms with Gasteiger partial charge in [-0.05, 0) is 54.6 Å². The maximum Gasteiger partial charge on any atom is 0.397 e. The van der Waals surface area contributed by atoms with Gasteiger partial charge in [-0.15, -0.1) is 5.11 Å². The Bertz CT molecular complexity index is 1540. The minimum Gasteiger partial charge on any atom is -0.356 e. The Kier molecular flexibility index (Phi) is 7.99. The largest absolute Gasteiger partial charge is 0.397 e. The second-order valence-corrected chi connectivity index (χ2v) is 11.5. The van der Waals surface area contributed by atoms with Crippen LogP contribution in [-0.2, 0) is 34.5 Å². The maximum atomic E-state index is 12.4. The number of hydrogen-bond donors (Lipinski definition) is 3. The Morgan fingerprint density at radius 1 is 0.771 bits per heavy atom. The molecular formula is C20H19N3O9S3. The van der Waals surface area contributed by atoms with E-state index in [1.165, 1.54) is 0 Å². The molecular weight excluding hydrogens is 522 g/mol. The zero-order valence-electron chi connectivity index (χ0n) is 17.7. The first-order valence-electron chi connectivity index (χ1n) is 9.63. The summed E-state index contributed by atoms with van der Waals surface area (Å²) in [4.78, 5) is -1.11. The molecule has 0 aromatic heterocycles. The Morgan fingerprint density at radius 2 is 1.40 bits per heavy atom. The molecule has 3 N–H and O–H groups in total. The monoisotopic (exact) mass is 541 g/mol. The zero-order valence-corrected chi connectivity index (χ0v) is 20.2. The molecule has 15 heteroatoms. The summed E-state index contributed by atoms with van der Waals surface area (Å²) in [6.45, 7) is -0.874. The number of nitrogens with zero attached hydrogens (tertiary/aromatic N) is 2. The van der Waals surface area contributed by atoms with Crippen LogP contribution in [0.25, 0.3) is 0 Å². The predicted molar refractivity (Wildman–Crippen MR) is 126 cm³/mol. The molecule has 0 bridgehead atoms. The van der Waals surface area contributed by atoms with Crippen molar-refractivity contribution in [2.24, 2.45) is 10.2 Å². The van der Waals surface area contributed by atoms with Crippen LogP contribution in [0.4, 0.5) is 22.7 Å². The Labute approximate surface area is 201 Å². The lowest BCUT2D eigenvalue weighted by Crippen LogP contribution is -2.15. The molecule has 12 nitrogen and oxygen atoms in total. The molecule has 3 rings (SSSR count). The van der Waals surface area contributed by atoms with Crippen LogP contribution in [0.2, 0.25) is 0 Å². The molecule has 0 radical (unpaired) electrons. The fourth-order valence-corrected chi connectivity index (χ4v) is 4.87. The van der Waals surface area contributed by atoms with Gasteiger partial charge in [-0.3, -0.25) is 9.11 Å². The van der Waals surface area contributed by atoms with Gasteiger partial charge in [0.1, 0.15) is 10.6 Å². The molecule has 0 spiro atoms. The molecule has 0 saturated heterocycles. The molecule has 3 aromatic rings. The summed E-state index contributed by atoms with van der Waals surface area (Å²) < 4.78 is 91.6. The van der Waals surface area contributed by atoms with Gasteiger partial charge in [-0.1, -0.05) is 18.2 Å². The summed E-state index contributed by atoms with van der Waals surface area (Å²) in [5.74, 6) is -0.843. The van der Waals surface area contributed by atoms with Gasteiger partial charge in [0.2, 0.25) is 0 Å². The van der Waals surface area contributed by atoms with Crippen molar-refractivity contribution in [3.05, 3.63) is 72.8 Å².